The number of nitrogens with zero attached hydrogens (tertiary/aromatic N) is 4. The molecule has 0 spiro atoms. The Hall–Kier alpha value is -3.41. The molecule has 0 aliphatic rings. The van der Waals surface area contributed by atoms with Gasteiger partial charge in [-0.05, 0) is 30.3 Å². The molecule has 2 N–H and O–H groups in total. The molecule has 2 heterocycles. The highest BCUT2D eigenvalue weighted by atomic mass is 35.5. The third-order valence-corrected chi connectivity index (χ3v) is 4.15. The van der Waals surface area contributed by atoms with Crippen LogP contribution in [-0.2, 0) is 4.79 Å². The summed E-state index contributed by atoms with van der Waals surface area (Å²) >= 11 is 11.8. The minimum absolute atomic E-state index is 0.157. The molecule has 140 valence electrons. The molecular weight excluding hydrogens is 403 g/mol. The van der Waals surface area contributed by atoms with Gasteiger partial charge in [-0.1, -0.05) is 29.3 Å². The van der Waals surface area contributed by atoms with Crippen LogP contribution in [0.5, 0.6) is 0 Å². The van der Waals surface area contributed by atoms with Crippen LogP contribution in [0.2, 0.25) is 10.0 Å². The van der Waals surface area contributed by atoms with Crippen LogP contribution in [0, 0.1) is 11.3 Å². The monoisotopic (exact) mass is 414 g/mol. The maximum Gasteiger partial charge on any atom is 0.253 e. The molecule has 0 fully saturated rings. The average molecular weight is 415 g/mol. The van der Waals surface area contributed by atoms with Crippen LogP contribution in [-0.4, -0.2) is 33.1 Å². The lowest BCUT2D eigenvalue weighted by atomic mass is 10.2. The molecule has 2 aromatic heterocycles. The summed E-state index contributed by atoms with van der Waals surface area (Å²) in [4.78, 5) is 28.6. The van der Waals surface area contributed by atoms with Crippen LogP contribution in [0.25, 0.3) is 5.82 Å². The number of carbonyl (C=O) groups excluding carboxylic acids is 2. The van der Waals surface area contributed by atoms with Gasteiger partial charge in [0.05, 0.1) is 23.3 Å². The second-order valence-corrected chi connectivity index (χ2v) is 6.32. The van der Waals surface area contributed by atoms with Crippen LogP contribution in [0.4, 0.5) is 5.82 Å². The highest BCUT2D eigenvalue weighted by Gasteiger charge is 2.17. The molecule has 0 saturated heterocycles. The van der Waals surface area contributed by atoms with Gasteiger partial charge in [-0.3, -0.25) is 9.59 Å². The number of amides is 2. The first kappa shape index (κ1) is 19.4. The van der Waals surface area contributed by atoms with Crippen molar-refractivity contribution in [2.45, 2.75) is 0 Å². The van der Waals surface area contributed by atoms with E-state index in [2.05, 4.69) is 20.7 Å². The number of aromatic nitrogens is 3. The van der Waals surface area contributed by atoms with Gasteiger partial charge < -0.3 is 10.6 Å². The molecule has 2 amide bonds. The molecule has 28 heavy (non-hydrogen) atoms. The lowest BCUT2D eigenvalue weighted by Gasteiger charge is -2.10. The quantitative estimate of drug-likeness (QED) is 0.666. The summed E-state index contributed by atoms with van der Waals surface area (Å²) in [6, 6.07) is 11.5. The van der Waals surface area contributed by atoms with Crippen LogP contribution in [0.1, 0.15) is 15.9 Å². The predicted octanol–water partition coefficient (Wildman–Crippen LogP) is 2.81. The van der Waals surface area contributed by atoms with Crippen LogP contribution in [0.3, 0.4) is 0 Å². The highest BCUT2D eigenvalue weighted by Crippen LogP contribution is 2.21. The third-order valence-electron chi connectivity index (χ3n) is 3.60. The van der Waals surface area contributed by atoms with Crippen molar-refractivity contribution in [1.29, 1.82) is 5.26 Å². The van der Waals surface area contributed by atoms with Gasteiger partial charge in [-0.15, -0.1) is 0 Å². The van der Waals surface area contributed by atoms with Crippen LogP contribution < -0.4 is 10.6 Å². The van der Waals surface area contributed by atoms with Gasteiger partial charge in [0.15, 0.2) is 11.6 Å². The van der Waals surface area contributed by atoms with Crippen molar-refractivity contribution in [2.24, 2.45) is 0 Å². The van der Waals surface area contributed by atoms with E-state index in [-0.39, 0.29) is 28.5 Å². The van der Waals surface area contributed by atoms with E-state index in [1.807, 2.05) is 6.07 Å². The number of carbonyl (C=O) groups is 2. The van der Waals surface area contributed by atoms with Crippen molar-refractivity contribution in [3.05, 3.63) is 70.0 Å². The Morgan fingerprint density at radius 2 is 2.04 bits per heavy atom. The second-order valence-electron chi connectivity index (χ2n) is 5.47. The summed E-state index contributed by atoms with van der Waals surface area (Å²) in [7, 11) is 0. The summed E-state index contributed by atoms with van der Waals surface area (Å²) in [6.07, 6.45) is 2.88. The molecule has 0 aliphatic heterocycles. The lowest BCUT2D eigenvalue weighted by molar-refractivity contribution is -0.115. The van der Waals surface area contributed by atoms with Crippen molar-refractivity contribution < 1.29 is 9.59 Å². The first-order valence-corrected chi connectivity index (χ1v) is 8.68. The molecule has 0 aliphatic carbocycles. The zero-order valence-corrected chi connectivity index (χ0v) is 15.7. The summed E-state index contributed by atoms with van der Waals surface area (Å²) in [5.41, 5.74) is 0.348. The number of nitrogens with one attached hydrogen (secondary N) is 2. The van der Waals surface area contributed by atoms with Gasteiger partial charge in [0.2, 0.25) is 5.91 Å². The maximum atomic E-state index is 12.3. The van der Waals surface area contributed by atoms with Gasteiger partial charge in [0.1, 0.15) is 11.6 Å². The average Bonchev–Trinajstić information content (AvgIpc) is 3.09. The second kappa shape index (κ2) is 8.52. The number of hydrogen-bond acceptors (Lipinski definition) is 5. The Labute approximate surface area is 169 Å². The molecule has 0 unspecified atom stereocenters. The van der Waals surface area contributed by atoms with Gasteiger partial charge in [0.25, 0.3) is 5.91 Å². The van der Waals surface area contributed by atoms with Crippen molar-refractivity contribution in [3.63, 3.8) is 0 Å². The topological polar surface area (TPSA) is 113 Å². The number of benzene rings is 1. The number of anilines is 1. The largest absolute Gasteiger partial charge is 0.343 e. The molecule has 0 bridgehead atoms. The molecule has 3 aromatic rings. The molecule has 8 nitrogen and oxygen atoms in total. The molecular formula is C18H12Cl2N6O2. The van der Waals surface area contributed by atoms with E-state index in [4.69, 9.17) is 23.2 Å². The maximum absolute atomic E-state index is 12.3. The molecule has 0 saturated carbocycles. The molecule has 0 radical (unpaired) electrons. The number of halogens is 2. The molecule has 10 heteroatoms. The third kappa shape index (κ3) is 4.28. The van der Waals surface area contributed by atoms with Gasteiger partial charge >= 0.3 is 0 Å². The number of rotatable bonds is 5. The van der Waals surface area contributed by atoms with Gasteiger partial charge in [0, 0.05) is 11.2 Å². The van der Waals surface area contributed by atoms with Crippen molar-refractivity contribution in [1.82, 2.24) is 20.1 Å². The zero-order valence-electron chi connectivity index (χ0n) is 14.2. The molecule has 0 atom stereocenters. The first-order valence-electron chi connectivity index (χ1n) is 7.92. The minimum Gasteiger partial charge on any atom is -0.343 e. The van der Waals surface area contributed by atoms with Crippen LogP contribution >= 0.6 is 23.2 Å². The van der Waals surface area contributed by atoms with E-state index in [9.17, 15) is 14.9 Å². The van der Waals surface area contributed by atoms with Crippen molar-refractivity contribution in [2.75, 3.05) is 11.9 Å². The van der Waals surface area contributed by atoms with E-state index in [0.717, 1.165) is 0 Å². The van der Waals surface area contributed by atoms with Crippen molar-refractivity contribution >= 4 is 40.8 Å². The normalized spacial score (nSPS) is 10.2. The Balaban J connectivity index is 1.71. The number of pyridine rings is 1. The first-order chi connectivity index (χ1) is 13.5. The van der Waals surface area contributed by atoms with Crippen LogP contribution in [0.15, 0.2) is 48.8 Å². The fourth-order valence-corrected chi connectivity index (χ4v) is 2.80. The van der Waals surface area contributed by atoms with E-state index in [1.165, 1.54) is 29.1 Å². The Morgan fingerprint density at radius 1 is 1.21 bits per heavy atom. The minimum atomic E-state index is -0.549. The van der Waals surface area contributed by atoms with Gasteiger partial charge in [-0.2, -0.15) is 15.0 Å². The van der Waals surface area contributed by atoms with E-state index < -0.39 is 11.8 Å². The molecule has 3 rings (SSSR count). The van der Waals surface area contributed by atoms with E-state index in [1.54, 1.807) is 24.4 Å². The number of nitriles is 1. The number of hydrogen-bond donors (Lipinski definition) is 2. The SMILES string of the molecule is N#Cc1cnn(-c2ccccn2)c1NC(=O)CNC(=O)c1ccc(Cl)cc1Cl. The lowest BCUT2D eigenvalue weighted by Crippen LogP contribution is -2.33. The summed E-state index contributed by atoms with van der Waals surface area (Å²) < 4.78 is 1.33. The predicted molar refractivity (Wildman–Crippen MR) is 103 cm³/mol. The fourth-order valence-electron chi connectivity index (χ4n) is 2.31. The highest BCUT2D eigenvalue weighted by molar-refractivity contribution is 6.36. The fraction of sp³-hybridized carbons (Fsp3) is 0.0556. The van der Waals surface area contributed by atoms with Crippen molar-refractivity contribution in [3.8, 4) is 11.9 Å². The summed E-state index contributed by atoms with van der Waals surface area (Å²) in [6.45, 7) is -0.337. The molecule has 1 aromatic carbocycles. The van der Waals surface area contributed by atoms with E-state index >= 15 is 0 Å². The van der Waals surface area contributed by atoms with E-state index in [0.29, 0.717) is 10.8 Å². The summed E-state index contributed by atoms with van der Waals surface area (Å²) in [5, 5.41) is 18.9. The Morgan fingerprint density at radius 3 is 2.71 bits per heavy atom. The zero-order chi connectivity index (χ0) is 20.1. The standard InChI is InChI=1S/C18H12Cl2N6O2/c19-12-4-5-13(14(20)7-12)18(28)23-10-16(27)25-17-11(8-21)9-24-26(17)15-3-1-2-6-22-15/h1-7,9H,10H2,(H,23,28)(H,25,27). The summed E-state index contributed by atoms with van der Waals surface area (Å²) in [5.74, 6) is -0.496. The Bertz CT molecular complexity index is 1080. The smallest absolute Gasteiger partial charge is 0.253 e. The van der Waals surface area contributed by atoms with Gasteiger partial charge in [-0.25, -0.2) is 4.98 Å². The Kier molecular flexibility index (Phi) is 5.89.